The van der Waals surface area contributed by atoms with E-state index < -0.39 is 11.6 Å². The van der Waals surface area contributed by atoms with Crippen molar-refractivity contribution < 1.29 is 13.5 Å². The first-order valence-corrected chi connectivity index (χ1v) is 11.2. The van der Waals surface area contributed by atoms with Crippen molar-refractivity contribution in [3.63, 3.8) is 0 Å². The van der Waals surface area contributed by atoms with Crippen molar-refractivity contribution in [2.45, 2.75) is 39.7 Å². The molecule has 0 saturated heterocycles. The molecule has 0 saturated carbocycles. The van der Waals surface area contributed by atoms with E-state index in [1.807, 2.05) is 30.0 Å². The van der Waals surface area contributed by atoms with Crippen molar-refractivity contribution in [2.24, 2.45) is 0 Å². The third-order valence-corrected chi connectivity index (χ3v) is 5.68. The molecule has 1 aromatic carbocycles. The number of hydrogen-bond donors (Lipinski definition) is 0. The van der Waals surface area contributed by atoms with E-state index in [0.29, 0.717) is 17.3 Å². The highest BCUT2D eigenvalue weighted by Crippen LogP contribution is 2.31. The molecule has 0 unspecified atom stereocenters. The number of benzene rings is 1. The van der Waals surface area contributed by atoms with Gasteiger partial charge in [-0.25, -0.2) is 18.7 Å². The van der Waals surface area contributed by atoms with Crippen molar-refractivity contribution in [3.8, 4) is 11.4 Å². The number of ether oxygens (including phenoxy) is 1. The van der Waals surface area contributed by atoms with Gasteiger partial charge in [-0.05, 0) is 37.3 Å². The van der Waals surface area contributed by atoms with Crippen LogP contribution in [0, 0.1) is 11.6 Å². The Morgan fingerprint density at radius 2 is 1.79 bits per heavy atom. The second-order valence-electron chi connectivity index (χ2n) is 9.08. The predicted molar refractivity (Wildman–Crippen MR) is 129 cm³/mol. The van der Waals surface area contributed by atoms with E-state index in [9.17, 15) is 8.78 Å². The Labute approximate surface area is 202 Å². The summed E-state index contributed by atoms with van der Waals surface area (Å²) in [4.78, 5) is 15.6. The Balaban J connectivity index is 1.53. The summed E-state index contributed by atoms with van der Waals surface area (Å²) in [7, 11) is 0. The van der Waals surface area contributed by atoms with E-state index in [2.05, 4.69) is 30.7 Å². The summed E-state index contributed by atoms with van der Waals surface area (Å²) >= 11 is 6.53. The molecule has 0 fully saturated rings. The summed E-state index contributed by atoms with van der Waals surface area (Å²) in [5.74, 6) is -0.0787. The lowest BCUT2D eigenvalue weighted by Gasteiger charge is -2.30. The number of pyridine rings is 1. The number of rotatable bonds is 5. The third-order valence-electron chi connectivity index (χ3n) is 5.37. The summed E-state index contributed by atoms with van der Waals surface area (Å²) in [5, 5.41) is 0.475. The van der Waals surface area contributed by atoms with Crippen molar-refractivity contribution >= 4 is 17.3 Å². The molecule has 0 amide bonds. The van der Waals surface area contributed by atoms with Gasteiger partial charge in [0, 0.05) is 46.9 Å². The third kappa shape index (κ3) is 5.25. The molecule has 0 N–H and O–H groups in total. The monoisotopic (exact) mass is 482 g/mol. The lowest BCUT2D eigenvalue weighted by atomic mass is 9.95. The Kier molecular flexibility index (Phi) is 6.66. The number of halogens is 3. The maximum atomic E-state index is 13.9. The second-order valence-corrected chi connectivity index (χ2v) is 9.54. The zero-order valence-corrected chi connectivity index (χ0v) is 20.2. The van der Waals surface area contributed by atoms with Crippen molar-refractivity contribution in [3.05, 3.63) is 94.4 Å². The van der Waals surface area contributed by atoms with Crippen LogP contribution >= 0.6 is 11.6 Å². The second kappa shape index (κ2) is 9.50. The van der Waals surface area contributed by atoms with Gasteiger partial charge in [0.2, 0.25) is 0 Å². The van der Waals surface area contributed by atoms with Crippen molar-refractivity contribution in [1.82, 2.24) is 15.0 Å². The first-order chi connectivity index (χ1) is 16.1. The maximum Gasteiger partial charge on any atom is 0.137 e. The van der Waals surface area contributed by atoms with E-state index in [0.717, 1.165) is 34.7 Å². The van der Waals surface area contributed by atoms with Crippen LogP contribution in [0.5, 0.6) is 0 Å². The number of nitrogens with zero attached hydrogens (tertiary/aromatic N) is 4. The van der Waals surface area contributed by atoms with Crippen LogP contribution in [0.1, 0.15) is 39.1 Å². The van der Waals surface area contributed by atoms with Crippen LogP contribution in [-0.4, -0.2) is 21.5 Å². The number of aromatic nitrogens is 3. The van der Waals surface area contributed by atoms with E-state index in [1.165, 1.54) is 12.1 Å². The van der Waals surface area contributed by atoms with Gasteiger partial charge < -0.3 is 9.64 Å². The van der Waals surface area contributed by atoms with Crippen molar-refractivity contribution in [1.29, 1.82) is 0 Å². The Hall–Kier alpha value is -3.32. The molecule has 34 heavy (non-hydrogen) atoms. The Morgan fingerprint density at radius 3 is 2.53 bits per heavy atom. The molecule has 0 aliphatic carbocycles. The van der Waals surface area contributed by atoms with E-state index in [4.69, 9.17) is 21.3 Å². The largest absolute Gasteiger partial charge is 0.487 e. The SMILES string of the molecule is CC1=CC(OCc2ccc(F)cc2F)=C(Cl)CN1c1ccnc(-c2ccnc(C(C)(C)C)n2)c1. The Bertz CT molecular complexity index is 1280. The lowest BCUT2D eigenvalue weighted by Crippen LogP contribution is -2.26. The van der Waals surface area contributed by atoms with Gasteiger partial charge in [0.05, 0.1) is 23.0 Å². The zero-order chi connectivity index (χ0) is 24.5. The average Bonchev–Trinajstić information content (AvgIpc) is 2.80. The average molecular weight is 483 g/mol. The van der Waals surface area contributed by atoms with Gasteiger partial charge >= 0.3 is 0 Å². The molecule has 1 aliphatic rings. The fraction of sp³-hybridized carbons (Fsp3) is 0.269. The van der Waals surface area contributed by atoms with Crippen molar-refractivity contribution in [2.75, 3.05) is 11.4 Å². The minimum Gasteiger partial charge on any atom is -0.487 e. The lowest BCUT2D eigenvalue weighted by molar-refractivity contribution is 0.204. The smallest absolute Gasteiger partial charge is 0.137 e. The summed E-state index contributed by atoms with van der Waals surface area (Å²) < 4.78 is 32.8. The number of allylic oxidation sites excluding steroid dienone is 2. The summed E-state index contributed by atoms with van der Waals surface area (Å²) in [6, 6.07) is 9.09. The minimum atomic E-state index is -0.654. The summed E-state index contributed by atoms with van der Waals surface area (Å²) in [5.41, 5.74) is 3.35. The minimum absolute atomic E-state index is 0.0509. The number of anilines is 1. The van der Waals surface area contributed by atoms with Crippen LogP contribution in [0.3, 0.4) is 0 Å². The van der Waals surface area contributed by atoms with Gasteiger partial charge in [0.25, 0.3) is 0 Å². The summed E-state index contributed by atoms with van der Waals surface area (Å²) in [6.07, 6.45) is 5.28. The van der Waals surface area contributed by atoms with Crippen LogP contribution < -0.4 is 4.90 Å². The molecular formula is C26H25ClF2N4O. The van der Waals surface area contributed by atoms with Crippen LogP contribution in [0.4, 0.5) is 14.5 Å². The molecular weight excluding hydrogens is 458 g/mol. The molecule has 0 radical (unpaired) electrons. The fourth-order valence-corrected chi connectivity index (χ4v) is 3.72. The van der Waals surface area contributed by atoms with Gasteiger partial charge in [-0.2, -0.15) is 0 Å². The van der Waals surface area contributed by atoms with Gasteiger partial charge in [0.1, 0.15) is 29.8 Å². The summed E-state index contributed by atoms with van der Waals surface area (Å²) in [6.45, 7) is 8.47. The van der Waals surface area contributed by atoms with Crippen LogP contribution in [-0.2, 0) is 16.8 Å². The topological polar surface area (TPSA) is 51.1 Å². The van der Waals surface area contributed by atoms with E-state index in [-0.39, 0.29) is 17.6 Å². The molecule has 8 heteroatoms. The van der Waals surface area contributed by atoms with Gasteiger partial charge in [-0.1, -0.05) is 32.4 Å². The highest BCUT2D eigenvalue weighted by Gasteiger charge is 2.21. The first kappa shape index (κ1) is 23.8. The molecule has 3 aromatic rings. The maximum absolute atomic E-state index is 13.9. The van der Waals surface area contributed by atoms with Crippen LogP contribution in [0.2, 0.25) is 0 Å². The molecule has 0 spiro atoms. The predicted octanol–water partition coefficient (Wildman–Crippen LogP) is 6.51. The van der Waals surface area contributed by atoms with Crippen LogP contribution in [0.15, 0.2) is 71.4 Å². The molecule has 176 valence electrons. The molecule has 3 heterocycles. The highest BCUT2D eigenvalue weighted by atomic mass is 35.5. The van der Waals surface area contributed by atoms with E-state index >= 15 is 0 Å². The molecule has 5 nitrogen and oxygen atoms in total. The highest BCUT2D eigenvalue weighted by molar-refractivity contribution is 6.30. The molecule has 4 rings (SSSR count). The Morgan fingerprint density at radius 1 is 1.03 bits per heavy atom. The molecule has 0 bridgehead atoms. The first-order valence-electron chi connectivity index (χ1n) is 10.8. The van der Waals surface area contributed by atoms with Gasteiger partial charge in [-0.3, -0.25) is 4.98 Å². The fourth-order valence-electron chi connectivity index (χ4n) is 3.49. The normalized spacial score (nSPS) is 14.3. The zero-order valence-electron chi connectivity index (χ0n) is 19.4. The standard InChI is InChI=1S/C26H25ClF2N4O/c1-16-11-24(34-15-17-5-6-18(28)12-21(17)29)20(27)14-33(16)19-7-9-30-23(13-19)22-8-10-31-25(32-22)26(2,3)4/h5-13H,14-15H2,1-4H3. The molecule has 1 aliphatic heterocycles. The molecule has 0 atom stereocenters. The number of hydrogen-bond acceptors (Lipinski definition) is 5. The van der Waals surface area contributed by atoms with Gasteiger partial charge in [-0.15, -0.1) is 0 Å². The van der Waals surface area contributed by atoms with E-state index in [1.54, 1.807) is 18.5 Å². The quantitative estimate of drug-likeness (QED) is 0.415. The van der Waals surface area contributed by atoms with Crippen LogP contribution in [0.25, 0.3) is 11.4 Å². The van der Waals surface area contributed by atoms with Gasteiger partial charge in [0.15, 0.2) is 0 Å². The molecule has 2 aromatic heterocycles.